The van der Waals surface area contributed by atoms with Gasteiger partial charge in [-0.05, 0) is 49.5 Å². The summed E-state index contributed by atoms with van der Waals surface area (Å²) in [6.45, 7) is 4.02. The smallest absolute Gasteiger partial charge is 0.227 e. The van der Waals surface area contributed by atoms with Crippen molar-refractivity contribution in [3.05, 3.63) is 35.7 Å². The molecule has 2 aromatic rings. The zero-order valence-electron chi connectivity index (χ0n) is 16.1. The number of nitrogens with zero attached hydrogens (tertiary/aromatic N) is 3. The van der Waals surface area contributed by atoms with E-state index in [-0.39, 0.29) is 24.2 Å². The second-order valence-corrected chi connectivity index (χ2v) is 6.87. The van der Waals surface area contributed by atoms with E-state index >= 15 is 0 Å². The summed E-state index contributed by atoms with van der Waals surface area (Å²) in [4.78, 5) is 17.0. The third-order valence-electron chi connectivity index (χ3n) is 4.91. The molecule has 3 rings (SSSR count). The van der Waals surface area contributed by atoms with Crippen LogP contribution in [0.2, 0.25) is 0 Å². The molecular formula is C19H28ClN5O2. The van der Waals surface area contributed by atoms with Gasteiger partial charge in [0.2, 0.25) is 11.9 Å². The van der Waals surface area contributed by atoms with Gasteiger partial charge in [0.25, 0.3) is 0 Å². The van der Waals surface area contributed by atoms with E-state index in [2.05, 4.69) is 20.7 Å². The Balaban J connectivity index is 0.00000261. The van der Waals surface area contributed by atoms with Crippen molar-refractivity contribution in [3.63, 3.8) is 0 Å². The number of aryl methyl sites for hydroxylation is 1. The summed E-state index contributed by atoms with van der Waals surface area (Å²) in [7, 11) is 3.46. The van der Waals surface area contributed by atoms with Gasteiger partial charge in [-0.1, -0.05) is 19.1 Å². The molecule has 0 aliphatic carbocycles. The number of hydrogen-bond donors (Lipinski definition) is 2. The summed E-state index contributed by atoms with van der Waals surface area (Å²) < 4.78 is 6.83. The molecule has 27 heavy (non-hydrogen) atoms. The Morgan fingerprint density at radius 2 is 2.00 bits per heavy atom. The normalized spacial score (nSPS) is 15.7. The molecule has 0 saturated carbocycles. The van der Waals surface area contributed by atoms with Gasteiger partial charge in [0.05, 0.1) is 7.11 Å². The molecule has 7 nitrogen and oxygen atoms in total. The zero-order chi connectivity index (χ0) is 18.5. The molecule has 1 aromatic carbocycles. The van der Waals surface area contributed by atoms with Gasteiger partial charge in [-0.15, -0.1) is 12.4 Å². The molecule has 1 saturated heterocycles. The molecule has 8 heteroatoms. The number of amides is 1. The zero-order valence-corrected chi connectivity index (χ0v) is 16.9. The van der Waals surface area contributed by atoms with Crippen LogP contribution in [0.25, 0.3) is 0 Å². The summed E-state index contributed by atoms with van der Waals surface area (Å²) in [5.41, 5.74) is 1.11. The third-order valence-corrected chi connectivity index (χ3v) is 4.91. The van der Waals surface area contributed by atoms with Gasteiger partial charge >= 0.3 is 0 Å². The summed E-state index contributed by atoms with van der Waals surface area (Å²) in [5.74, 6) is 2.58. The molecule has 2 heterocycles. The highest BCUT2D eigenvalue weighted by Crippen LogP contribution is 2.24. The van der Waals surface area contributed by atoms with E-state index in [1.165, 1.54) is 0 Å². The quantitative estimate of drug-likeness (QED) is 0.788. The van der Waals surface area contributed by atoms with Crippen molar-refractivity contribution < 1.29 is 9.53 Å². The number of rotatable bonds is 6. The maximum atomic E-state index is 12.4. The molecular weight excluding hydrogens is 366 g/mol. The number of aromatic nitrogens is 3. The van der Waals surface area contributed by atoms with Gasteiger partial charge in [-0.2, -0.15) is 10.1 Å². The summed E-state index contributed by atoms with van der Waals surface area (Å²) in [6, 6.07) is 7.82. The maximum Gasteiger partial charge on any atom is 0.227 e. The number of benzene rings is 1. The Morgan fingerprint density at radius 3 is 2.63 bits per heavy atom. The van der Waals surface area contributed by atoms with Crippen molar-refractivity contribution in [3.8, 4) is 5.75 Å². The number of nitrogens with one attached hydrogen (secondary N) is 2. The minimum atomic E-state index is -0.0549. The number of piperidine rings is 1. The van der Waals surface area contributed by atoms with Crippen LogP contribution in [0.5, 0.6) is 5.75 Å². The van der Waals surface area contributed by atoms with Crippen LogP contribution in [0.1, 0.15) is 49.4 Å². The van der Waals surface area contributed by atoms with E-state index in [0.29, 0.717) is 18.3 Å². The van der Waals surface area contributed by atoms with Crippen LogP contribution < -0.4 is 15.4 Å². The largest absolute Gasteiger partial charge is 0.497 e. The number of carbonyl (C=O) groups is 1. The predicted octanol–water partition coefficient (Wildman–Crippen LogP) is 2.84. The van der Waals surface area contributed by atoms with E-state index in [1.807, 2.05) is 38.2 Å². The second-order valence-electron chi connectivity index (χ2n) is 6.87. The van der Waals surface area contributed by atoms with Crippen molar-refractivity contribution in [1.29, 1.82) is 0 Å². The molecule has 2 N–H and O–H groups in total. The third kappa shape index (κ3) is 5.43. The van der Waals surface area contributed by atoms with Crippen LogP contribution in [0.3, 0.4) is 0 Å². The van der Waals surface area contributed by atoms with Gasteiger partial charge in [0.1, 0.15) is 5.75 Å². The van der Waals surface area contributed by atoms with Gasteiger partial charge in [0, 0.05) is 19.4 Å². The van der Waals surface area contributed by atoms with E-state index in [9.17, 15) is 4.79 Å². The molecule has 1 aliphatic heterocycles. The maximum absolute atomic E-state index is 12.4. The molecule has 1 atom stereocenters. The Bertz CT molecular complexity index is 741. The summed E-state index contributed by atoms with van der Waals surface area (Å²) in [5, 5.41) is 10.7. The molecule has 1 fully saturated rings. The van der Waals surface area contributed by atoms with Gasteiger partial charge < -0.3 is 10.1 Å². The van der Waals surface area contributed by atoms with E-state index in [0.717, 1.165) is 43.1 Å². The highest BCUT2D eigenvalue weighted by molar-refractivity contribution is 5.89. The van der Waals surface area contributed by atoms with E-state index < -0.39 is 0 Å². The molecule has 148 valence electrons. The second kappa shape index (κ2) is 9.71. The number of hydrogen-bond acceptors (Lipinski definition) is 5. The minimum Gasteiger partial charge on any atom is -0.497 e. The number of anilines is 1. The van der Waals surface area contributed by atoms with Gasteiger partial charge in [0.15, 0.2) is 5.82 Å². The Morgan fingerprint density at radius 1 is 1.33 bits per heavy atom. The lowest BCUT2D eigenvalue weighted by molar-refractivity contribution is -0.116. The average molecular weight is 394 g/mol. The van der Waals surface area contributed by atoms with Crippen molar-refractivity contribution in [2.45, 2.75) is 38.0 Å². The van der Waals surface area contributed by atoms with Crippen LogP contribution in [0.15, 0.2) is 24.3 Å². The van der Waals surface area contributed by atoms with E-state index in [1.54, 1.807) is 11.8 Å². The molecule has 1 unspecified atom stereocenters. The molecule has 0 radical (unpaired) electrons. The first-order valence-electron chi connectivity index (χ1n) is 9.12. The number of halogens is 1. The monoisotopic (exact) mass is 393 g/mol. The van der Waals surface area contributed by atoms with Crippen LogP contribution in [0, 0.1) is 0 Å². The predicted molar refractivity (Wildman–Crippen MR) is 108 cm³/mol. The van der Waals surface area contributed by atoms with Gasteiger partial charge in [-0.25, -0.2) is 4.68 Å². The average Bonchev–Trinajstić information content (AvgIpc) is 3.03. The SMILES string of the molecule is COc1ccc(C(C)CC(=O)Nc2nc(C3CCNCC3)nn2C)cc1.Cl. The molecule has 0 bridgehead atoms. The Hall–Kier alpha value is -2.12. The standard InChI is InChI=1S/C19H27N5O2.ClH/c1-13(14-4-6-16(26-3)7-5-14)12-17(25)21-19-22-18(23-24(19)2)15-8-10-20-11-9-15;/h4-7,13,15,20H,8-12H2,1-3H3,(H,21,22,23,25);1H. The lowest BCUT2D eigenvalue weighted by Gasteiger charge is -2.19. The fraction of sp³-hybridized carbons (Fsp3) is 0.526. The highest BCUT2D eigenvalue weighted by Gasteiger charge is 2.21. The first-order chi connectivity index (χ1) is 12.6. The molecule has 1 aliphatic rings. The van der Waals surface area contributed by atoms with Crippen molar-refractivity contribution >= 4 is 24.3 Å². The molecule has 1 amide bonds. The number of ether oxygens (including phenoxy) is 1. The van der Waals surface area contributed by atoms with Crippen molar-refractivity contribution in [1.82, 2.24) is 20.1 Å². The fourth-order valence-corrected chi connectivity index (χ4v) is 3.27. The Labute approximate surface area is 166 Å². The van der Waals surface area contributed by atoms with Crippen LogP contribution in [0.4, 0.5) is 5.95 Å². The van der Waals surface area contributed by atoms with E-state index in [4.69, 9.17) is 4.74 Å². The van der Waals surface area contributed by atoms with Crippen LogP contribution >= 0.6 is 12.4 Å². The number of methoxy groups -OCH3 is 1. The lowest BCUT2D eigenvalue weighted by atomic mass is 9.97. The first kappa shape index (κ1) is 21.2. The van der Waals surface area contributed by atoms with Crippen LogP contribution in [-0.2, 0) is 11.8 Å². The first-order valence-corrected chi connectivity index (χ1v) is 9.12. The molecule has 1 aromatic heterocycles. The Kier molecular flexibility index (Phi) is 7.62. The minimum absolute atomic E-state index is 0. The van der Waals surface area contributed by atoms with Crippen LogP contribution in [-0.4, -0.2) is 40.9 Å². The van der Waals surface area contributed by atoms with Crippen molar-refractivity contribution in [2.24, 2.45) is 7.05 Å². The summed E-state index contributed by atoms with van der Waals surface area (Å²) >= 11 is 0. The van der Waals surface area contributed by atoms with Crippen molar-refractivity contribution in [2.75, 3.05) is 25.5 Å². The lowest BCUT2D eigenvalue weighted by Crippen LogP contribution is -2.27. The topological polar surface area (TPSA) is 81.1 Å². The highest BCUT2D eigenvalue weighted by atomic mass is 35.5. The molecule has 0 spiro atoms. The summed E-state index contributed by atoms with van der Waals surface area (Å²) in [6.07, 6.45) is 2.46. The fourth-order valence-electron chi connectivity index (χ4n) is 3.27. The van der Waals surface area contributed by atoms with Gasteiger partial charge in [-0.3, -0.25) is 10.1 Å². The number of carbonyl (C=O) groups excluding carboxylic acids is 1.